The van der Waals surface area contributed by atoms with Crippen LogP contribution >= 0.6 is 0 Å². The molecule has 0 saturated carbocycles. The molecule has 140 valence electrons. The molecule has 23 heavy (non-hydrogen) atoms. The average molecular weight is 331 g/mol. The standard InChI is InChI=1S/C9H20N2O.C8H18N2.CH4/c1-3-10-4-6-11(7-5-10)9(2)8-12;1-8(2)10-6-4-9(3)5-7-10;/h9,12H,3-8H2,1-2H3;8H,4-7H2,1-3H3;1H4. The number of likely N-dealkylation sites (N-methyl/N-ethyl adjacent to an activating group) is 2. The van der Waals surface area contributed by atoms with Crippen molar-refractivity contribution in [3.63, 3.8) is 0 Å². The summed E-state index contributed by atoms with van der Waals surface area (Å²) < 4.78 is 0. The van der Waals surface area contributed by atoms with Crippen LogP contribution in [-0.4, -0.2) is 109 Å². The van der Waals surface area contributed by atoms with E-state index in [0.717, 1.165) is 38.8 Å². The molecule has 5 heteroatoms. The summed E-state index contributed by atoms with van der Waals surface area (Å²) >= 11 is 0. The molecule has 5 nitrogen and oxygen atoms in total. The third-order valence-corrected chi connectivity index (χ3v) is 5.01. The number of rotatable bonds is 4. The molecule has 1 atom stereocenters. The van der Waals surface area contributed by atoms with Gasteiger partial charge in [-0.25, -0.2) is 0 Å². The van der Waals surface area contributed by atoms with E-state index in [1.165, 1.54) is 26.2 Å². The topological polar surface area (TPSA) is 33.2 Å². The van der Waals surface area contributed by atoms with Crippen LogP contribution in [0.15, 0.2) is 0 Å². The van der Waals surface area contributed by atoms with Gasteiger partial charge in [0.1, 0.15) is 0 Å². The zero-order valence-corrected chi connectivity index (χ0v) is 15.5. The van der Waals surface area contributed by atoms with Crippen LogP contribution < -0.4 is 0 Å². The van der Waals surface area contributed by atoms with Crippen LogP contribution in [-0.2, 0) is 0 Å². The SMILES string of the molecule is C.CC(C)N1CCN(C)CC1.CCN1CCN(C(C)CO)CC1. The van der Waals surface area contributed by atoms with Gasteiger partial charge in [-0.3, -0.25) is 9.80 Å². The second kappa shape index (κ2) is 12.2. The Morgan fingerprint density at radius 1 is 0.826 bits per heavy atom. The Bertz CT molecular complexity index is 272. The Kier molecular flexibility index (Phi) is 12.1. The van der Waals surface area contributed by atoms with Crippen molar-refractivity contribution >= 4 is 0 Å². The van der Waals surface area contributed by atoms with Crippen molar-refractivity contribution in [3.8, 4) is 0 Å². The summed E-state index contributed by atoms with van der Waals surface area (Å²) in [5.74, 6) is 0. The zero-order chi connectivity index (χ0) is 16.5. The number of hydrogen-bond acceptors (Lipinski definition) is 5. The fraction of sp³-hybridized carbons (Fsp3) is 1.00. The Balaban J connectivity index is 0.000000409. The third-order valence-electron chi connectivity index (χ3n) is 5.01. The lowest BCUT2D eigenvalue weighted by Gasteiger charge is -2.36. The lowest BCUT2D eigenvalue weighted by Crippen LogP contribution is -2.50. The van der Waals surface area contributed by atoms with Crippen LogP contribution in [0.3, 0.4) is 0 Å². The number of piperazine rings is 2. The van der Waals surface area contributed by atoms with Gasteiger partial charge in [-0.2, -0.15) is 0 Å². The monoisotopic (exact) mass is 330 g/mol. The molecule has 0 aromatic carbocycles. The van der Waals surface area contributed by atoms with Crippen molar-refractivity contribution in [1.29, 1.82) is 0 Å². The van der Waals surface area contributed by atoms with Gasteiger partial charge < -0.3 is 14.9 Å². The summed E-state index contributed by atoms with van der Waals surface area (Å²) in [5, 5.41) is 8.95. The quantitative estimate of drug-likeness (QED) is 0.840. The number of nitrogens with zero attached hydrogens (tertiary/aromatic N) is 4. The highest BCUT2D eigenvalue weighted by molar-refractivity contribution is 4.75. The molecule has 0 aromatic heterocycles. The maximum atomic E-state index is 8.95. The van der Waals surface area contributed by atoms with Crippen molar-refractivity contribution < 1.29 is 5.11 Å². The molecule has 0 radical (unpaired) electrons. The van der Waals surface area contributed by atoms with Crippen LogP contribution in [0.4, 0.5) is 0 Å². The molecule has 2 aliphatic heterocycles. The van der Waals surface area contributed by atoms with E-state index in [0.29, 0.717) is 6.04 Å². The van der Waals surface area contributed by atoms with E-state index in [9.17, 15) is 0 Å². The molecule has 1 unspecified atom stereocenters. The Morgan fingerprint density at radius 2 is 1.30 bits per heavy atom. The van der Waals surface area contributed by atoms with Gasteiger partial charge in [0.2, 0.25) is 0 Å². The Morgan fingerprint density at radius 3 is 1.70 bits per heavy atom. The summed E-state index contributed by atoms with van der Waals surface area (Å²) in [7, 11) is 2.19. The molecule has 0 bridgehead atoms. The average Bonchev–Trinajstić information content (AvgIpc) is 2.55. The molecular formula is C18H42N4O. The maximum absolute atomic E-state index is 8.95. The number of hydrogen-bond donors (Lipinski definition) is 1. The minimum Gasteiger partial charge on any atom is -0.395 e. The first-order chi connectivity index (χ1) is 10.5. The second-order valence-corrected chi connectivity index (χ2v) is 6.93. The molecule has 2 rings (SSSR count). The van der Waals surface area contributed by atoms with E-state index >= 15 is 0 Å². The van der Waals surface area contributed by atoms with E-state index in [4.69, 9.17) is 5.11 Å². The van der Waals surface area contributed by atoms with Crippen molar-refractivity contribution in [2.24, 2.45) is 0 Å². The predicted molar refractivity (Wildman–Crippen MR) is 101 cm³/mol. The molecule has 2 heterocycles. The van der Waals surface area contributed by atoms with Gasteiger partial charge in [0.25, 0.3) is 0 Å². The number of aliphatic hydroxyl groups excluding tert-OH is 1. The highest BCUT2D eigenvalue weighted by atomic mass is 16.3. The first kappa shape index (κ1) is 22.8. The minimum absolute atomic E-state index is 0. The molecule has 0 amide bonds. The fourth-order valence-corrected chi connectivity index (χ4v) is 2.97. The fourth-order valence-electron chi connectivity index (χ4n) is 2.97. The summed E-state index contributed by atoms with van der Waals surface area (Å²) in [5.41, 5.74) is 0. The summed E-state index contributed by atoms with van der Waals surface area (Å²) in [6, 6.07) is 1.07. The van der Waals surface area contributed by atoms with Crippen molar-refractivity contribution in [1.82, 2.24) is 19.6 Å². The second-order valence-electron chi connectivity index (χ2n) is 6.93. The van der Waals surface area contributed by atoms with Gasteiger partial charge in [0, 0.05) is 64.4 Å². The Labute approximate surface area is 145 Å². The van der Waals surface area contributed by atoms with Crippen LogP contribution in [0.5, 0.6) is 0 Å². The van der Waals surface area contributed by atoms with E-state index in [-0.39, 0.29) is 14.0 Å². The van der Waals surface area contributed by atoms with Crippen LogP contribution in [0.2, 0.25) is 0 Å². The smallest absolute Gasteiger partial charge is 0.0584 e. The predicted octanol–water partition coefficient (Wildman–Crippen LogP) is 1.28. The van der Waals surface area contributed by atoms with E-state index in [2.05, 4.69) is 54.3 Å². The molecule has 0 aromatic rings. The van der Waals surface area contributed by atoms with Gasteiger partial charge in [-0.1, -0.05) is 14.4 Å². The summed E-state index contributed by atoms with van der Waals surface area (Å²) in [6.07, 6.45) is 0. The number of aliphatic hydroxyl groups is 1. The van der Waals surface area contributed by atoms with E-state index in [1.54, 1.807) is 0 Å². The van der Waals surface area contributed by atoms with Crippen LogP contribution in [0.25, 0.3) is 0 Å². The van der Waals surface area contributed by atoms with Gasteiger partial charge in [-0.15, -0.1) is 0 Å². The molecule has 0 aliphatic carbocycles. The first-order valence-corrected chi connectivity index (χ1v) is 8.97. The molecular weight excluding hydrogens is 288 g/mol. The van der Waals surface area contributed by atoms with Crippen molar-refractivity contribution in [2.45, 2.75) is 47.2 Å². The van der Waals surface area contributed by atoms with E-state index in [1.807, 2.05) is 0 Å². The zero-order valence-electron chi connectivity index (χ0n) is 15.5. The Hall–Kier alpha value is -0.200. The molecule has 0 spiro atoms. The van der Waals surface area contributed by atoms with Gasteiger partial charge >= 0.3 is 0 Å². The largest absolute Gasteiger partial charge is 0.395 e. The maximum Gasteiger partial charge on any atom is 0.0584 e. The molecule has 2 saturated heterocycles. The summed E-state index contributed by atoms with van der Waals surface area (Å²) in [6.45, 7) is 19.7. The lowest BCUT2D eigenvalue weighted by atomic mass is 10.2. The third kappa shape index (κ3) is 8.45. The van der Waals surface area contributed by atoms with Gasteiger partial charge in [0.05, 0.1) is 6.61 Å². The normalized spacial score (nSPS) is 23.1. The van der Waals surface area contributed by atoms with E-state index < -0.39 is 0 Å². The van der Waals surface area contributed by atoms with Crippen molar-refractivity contribution in [3.05, 3.63) is 0 Å². The highest BCUT2D eigenvalue weighted by Crippen LogP contribution is 2.05. The van der Waals surface area contributed by atoms with Crippen LogP contribution in [0, 0.1) is 0 Å². The first-order valence-electron chi connectivity index (χ1n) is 8.97. The van der Waals surface area contributed by atoms with Crippen molar-refractivity contribution in [2.75, 3.05) is 72.6 Å². The minimum atomic E-state index is 0. The molecule has 2 aliphatic rings. The molecule has 2 fully saturated rings. The van der Waals surface area contributed by atoms with Gasteiger partial charge in [0.15, 0.2) is 0 Å². The highest BCUT2D eigenvalue weighted by Gasteiger charge is 2.19. The lowest BCUT2D eigenvalue weighted by molar-refractivity contribution is 0.0757. The van der Waals surface area contributed by atoms with Crippen LogP contribution in [0.1, 0.15) is 35.1 Å². The van der Waals surface area contributed by atoms with Gasteiger partial charge in [-0.05, 0) is 34.4 Å². The molecule has 1 N–H and O–H groups in total. The summed E-state index contributed by atoms with van der Waals surface area (Å²) in [4.78, 5) is 9.71.